The second-order valence-corrected chi connectivity index (χ2v) is 4.44. The number of ether oxygens (including phenoxy) is 1. The summed E-state index contributed by atoms with van der Waals surface area (Å²) in [5.41, 5.74) is 1.49. The van der Waals surface area contributed by atoms with Crippen molar-refractivity contribution in [1.82, 2.24) is 4.98 Å². The molecule has 98 valence electrons. The number of carbonyl (C=O) groups is 1. The third kappa shape index (κ3) is 3.23. The molecule has 1 heterocycles. The zero-order chi connectivity index (χ0) is 13.8. The van der Waals surface area contributed by atoms with Crippen molar-refractivity contribution in [2.45, 2.75) is 6.92 Å². The van der Waals surface area contributed by atoms with Crippen molar-refractivity contribution in [3.63, 3.8) is 0 Å². The monoisotopic (exact) mass is 276 g/mol. The number of nitrogens with zero attached hydrogens (tertiary/aromatic N) is 1. The van der Waals surface area contributed by atoms with Crippen LogP contribution in [-0.2, 0) is 0 Å². The van der Waals surface area contributed by atoms with Crippen molar-refractivity contribution >= 4 is 23.3 Å². The maximum absolute atomic E-state index is 12.0. The van der Waals surface area contributed by atoms with Crippen molar-refractivity contribution in [1.29, 1.82) is 0 Å². The normalized spacial score (nSPS) is 10.1. The Morgan fingerprint density at radius 1 is 1.32 bits per heavy atom. The van der Waals surface area contributed by atoms with Gasteiger partial charge in [0.25, 0.3) is 5.91 Å². The van der Waals surface area contributed by atoms with E-state index in [4.69, 9.17) is 16.3 Å². The number of hydrogen-bond acceptors (Lipinski definition) is 3. The van der Waals surface area contributed by atoms with Gasteiger partial charge in [0.05, 0.1) is 12.1 Å². The van der Waals surface area contributed by atoms with Gasteiger partial charge in [-0.25, -0.2) is 4.98 Å². The van der Waals surface area contributed by atoms with E-state index < -0.39 is 0 Å². The van der Waals surface area contributed by atoms with Crippen molar-refractivity contribution in [3.8, 4) is 5.75 Å². The van der Waals surface area contributed by atoms with Crippen LogP contribution in [0.15, 0.2) is 36.5 Å². The average Bonchev–Trinajstić information content (AvgIpc) is 2.42. The van der Waals surface area contributed by atoms with E-state index in [0.29, 0.717) is 22.2 Å². The molecule has 0 aliphatic rings. The molecular weight excluding hydrogens is 264 g/mol. The van der Waals surface area contributed by atoms with Gasteiger partial charge in [0.2, 0.25) is 0 Å². The highest BCUT2D eigenvalue weighted by molar-refractivity contribution is 6.30. The van der Waals surface area contributed by atoms with Crippen LogP contribution in [-0.4, -0.2) is 18.0 Å². The predicted molar refractivity (Wildman–Crippen MR) is 74.9 cm³/mol. The first-order valence-corrected chi connectivity index (χ1v) is 6.05. The molecule has 19 heavy (non-hydrogen) atoms. The quantitative estimate of drug-likeness (QED) is 0.936. The molecule has 0 radical (unpaired) electrons. The fourth-order valence-corrected chi connectivity index (χ4v) is 1.71. The summed E-state index contributed by atoms with van der Waals surface area (Å²) in [6, 6.07) is 8.58. The highest BCUT2D eigenvalue weighted by Crippen LogP contribution is 2.19. The molecule has 0 aliphatic carbocycles. The van der Waals surface area contributed by atoms with Gasteiger partial charge in [0, 0.05) is 11.8 Å². The van der Waals surface area contributed by atoms with E-state index in [-0.39, 0.29) is 5.91 Å². The Morgan fingerprint density at radius 3 is 2.74 bits per heavy atom. The molecule has 5 heteroatoms. The third-order valence-corrected chi connectivity index (χ3v) is 2.86. The second-order valence-electron chi connectivity index (χ2n) is 4.00. The van der Waals surface area contributed by atoms with Gasteiger partial charge in [-0.3, -0.25) is 4.79 Å². The third-order valence-electron chi connectivity index (χ3n) is 2.64. The number of benzene rings is 1. The summed E-state index contributed by atoms with van der Waals surface area (Å²) in [6.07, 6.45) is 1.48. The highest BCUT2D eigenvalue weighted by Gasteiger charge is 2.09. The predicted octanol–water partition coefficient (Wildman–Crippen LogP) is 3.30. The second kappa shape index (κ2) is 5.71. The fourth-order valence-electron chi connectivity index (χ4n) is 1.60. The van der Waals surface area contributed by atoms with Gasteiger partial charge >= 0.3 is 0 Å². The van der Waals surface area contributed by atoms with Crippen LogP contribution < -0.4 is 10.1 Å². The number of amides is 1. The van der Waals surface area contributed by atoms with Gasteiger partial charge in [0.15, 0.2) is 0 Å². The van der Waals surface area contributed by atoms with Gasteiger partial charge in [0.1, 0.15) is 11.6 Å². The number of nitrogens with one attached hydrogen (secondary N) is 1. The summed E-state index contributed by atoms with van der Waals surface area (Å²) in [6.45, 7) is 1.92. The smallest absolute Gasteiger partial charge is 0.256 e. The SMILES string of the molecule is COc1cc(C(=O)Nc2ccc(Cl)cn2)ccc1C. The van der Waals surface area contributed by atoms with Crippen molar-refractivity contribution in [2.75, 3.05) is 12.4 Å². The minimum absolute atomic E-state index is 0.242. The van der Waals surface area contributed by atoms with Gasteiger partial charge < -0.3 is 10.1 Å². The van der Waals surface area contributed by atoms with Crippen LogP contribution >= 0.6 is 11.6 Å². The Morgan fingerprint density at radius 2 is 2.11 bits per heavy atom. The van der Waals surface area contributed by atoms with Gasteiger partial charge in [-0.05, 0) is 36.8 Å². The van der Waals surface area contributed by atoms with E-state index in [2.05, 4.69) is 10.3 Å². The molecule has 1 N–H and O–H groups in total. The molecule has 0 saturated heterocycles. The maximum atomic E-state index is 12.0. The molecule has 4 nitrogen and oxygen atoms in total. The maximum Gasteiger partial charge on any atom is 0.256 e. The van der Waals surface area contributed by atoms with Gasteiger partial charge in [-0.2, -0.15) is 0 Å². The Hall–Kier alpha value is -2.07. The van der Waals surface area contributed by atoms with E-state index in [1.54, 1.807) is 31.4 Å². The topological polar surface area (TPSA) is 51.2 Å². The molecule has 1 amide bonds. The number of hydrogen-bond donors (Lipinski definition) is 1. The van der Waals surface area contributed by atoms with Crippen LogP contribution in [0.2, 0.25) is 5.02 Å². The zero-order valence-corrected chi connectivity index (χ0v) is 11.4. The largest absolute Gasteiger partial charge is 0.496 e. The molecular formula is C14H13ClN2O2. The Balaban J connectivity index is 2.18. The molecule has 2 aromatic rings. The summed E-state index contributed by atoms with van der Waals surface area (Å²) in [5, 5.41) is 3.22. The van der Waals surface area contributed by atoms with Gasteiger partial charge in [-0.15, -0.1) is 0 Å². The molecule has 1 aromatic heterocycles. The fraction of sp³-hybridized carbons (Fsp3) is 0.143. The van der Waals surface area contributed by atoms with Crippen LogP contribution in [0.4, 0.5) is 5.82 Å². The Kier molecular flexibility index (Phi) is 4.02. The number of halogens is 1. The molecule has 2 rings (SSSR count). The molecule has 0 spiro atoms. The number of pyridine rings is 1. The zero-order valence-electron chi connectivity index (χ0n) is 10.6. The molecule has 0 saturated carbocycles. The van der Waals surface area contributed by atoms with Crippen LogP contribution in [0.25, 0.3) is 0 Å². The lowest BCUT2D eigenvalue weighted by atomic mass is 10.1. The molecule has 0 fully saturated rings. The summed E-state index contributed by atoms with van der Waals surface area (Å²) >= 11 is 5.73. The minimum Gasteiger partial charge on any atom is -0.496 e. The number of anilines is 1. The number of methoxy groups -OCH3 is 1. The van der Waals surface area contributed by atoms with Gasteiger partial charge in [-0.1, -0.05) is 17.7 Å². The van der Waals surface area contributed by atoms with Crippen LogP contribution in [0, 0.1) is 6.92 Å². The lowest BCUT2D eigenvalue weighted by molar-refractivity contribution is 0.102. The number of aryl methyl sites for hydroxylation is 1. The van der Waals surface area contributed by atoms with Crippen LogP contribution in [0.3, 0.4) is 0 Å². The molecule has 0 aliphatic heterocycles. The molecule has 0 bridgehead atoms. The average molecular weight is 277 g/mol. The summed E-state index contributed by atoms with van der Waals surface area (Å²) in [7, 11) is 1.57. The lowest BCUT2D eigenvalue weighted by Gasteiger charge is -2.08. The van der Waals surface area contributed by atoms with E-state index in [9.17, 15) is 4.79 Å². The standard InChI is InChI=1S/C14H13ClN2O2/c1-9-3-4-10(7-12(9)19-2)14(18)17-13-6-5-11(15)8-16-13/h3-8H,1-2H3,(H,16,17,18). The minimum atomic E-state index is -0.242. The van der Waals surface area contributed by atoms with Crippen molar-refractivity contribution in [2.24, 2.45) is 0 Å². The number of carbonyl (C=O) groups excluding carboxylic acids is 1. The molecule has 0 unspecified atom stereocenters. The Bertz CT molecular complexity index is 597. The number of aromatic nitrogens is 1. The first kappa shape index (κ1) is 13.4. The summed E-state index contributed by atoms with van der Waals surface area (Å²) in [5.74, 6) is 0.888. The van der Waals surface area contributed by atoms with E-state index in [1.165, 1.54) is 6.20 Å². The lowest BCUT2D eigenvalue weighted by Crippen LogP contribution is -2.13. The highest BCUT2D eigenvalue weighted by atomic mass is 35.5. The van der Waals surface area contributed by atoms with Crippen LogP contribution in [0.1, 0.15) is 15.9 Å². The van der Waals surface area contributed by atoms with Crippen molar-refractivity contribution < 1.29 is 9.53 Å². The van der Waals surface area contributed by atoms with Crippen LogP contribution in [0.5, 0.6) is 5.75 Å². The molecule has 1 aromatic carbocycles. The Labute approximate surface area is 116 Å². The van der Waals surface area contributed by atoms with E-state index in [0.717, 1.165) is 5.56 Å². The first-order chi connectivity index (χ1) is 9.10. The number of rotatable bonds is 3. The van der Waals surface area contributed by atoms with E-state index in [1.807, 2.05) is 13.0 Å². The summed E-state index contributed by atoms with van der Waals surface area (Å²) in [4.78, 5) is 16.0. The first-order valence-electron chi connectivity index (χ1n) is 5.67. The summed E-state index contributed by atoms with van der Waals surface area (Å²) < 4.78 is 5.19. The molecule has 0 atom stereocenters. The van der Waals surface area contributed by atoms with E-state index >= 15 is 0 Å². The van der Waals surface area contributed by atoms with Crippen molar-refractivity contribution in [3.05, 3.63) is 52.7 Å².